The number of benzene rings is 1. The van der Waals surface area contributed by atoms with Crippen LogP contribution in [0.2, 0.25) is 0 Å². The molecular formula is C17H28IN3O2. The number of nitrogens with one attached hydrogen (secondary N) is 2. The van der Waals surface area contributed by atoms with Gasteiger partial charge in [0.1, 0.15) is 5.75 Å². The van der Waals surface area contributed by atoms with Crippen molar-refractivity contribution in [2.75, 3.05) is 26.8 Å². The third-order valence-corrected chi connectivity index (χ3v) is 3.82. The second kappa shape index (κ2) is 9.97. The summed E-state index contributed by atoms with van der Waals surface area (Å²) in [5.74, 6) is 1.69. The minimum atomic E-state index is -0.0769. The average molecular weight is 433 g/mol. The van der Waals surface area contributed by atoms with Crippen LogP contribution in [0.25, 0.3) is 0 Å². The van der Waals surface area contributed by atoms with Crippen molar-refractivity contribution in [1.82, 2.24) is 10.6 Å². The summed E-state index contributed by atoms with van der Waals surface area (Å²) in [6.45, 7) is 7.14. The van der Waals surface area contributed by atoms with Crippen LogP contribution in [0.5, 0.6) is 5.75 Å². The first-order valence-corrected chi connectivity index (χ1v) is 7.95. The van der Waals surface area contributed by atoms with Crippen LogP contribution in [0.1, 0.15) is 32.3 Å². The Hall–Kier alpha value is -1.02. The van der Waals surface area contributed by atoms with Crippen molar-refractivity contribution in [1.29, 1.82) is 0 Å². The number of aliphatic imine (C=N–C) groups is 1. The maximum atomic E-state index is 5.78. The van der Waals surface area contributed by atoms with Crippen molar-refractivity contribution in [3.63, 3.8) is 0 Å². The van der Waals surface area contributed by atoms with Crippen molar-refractivity contribution < 1.29 is 9.47 Å². The Morgan fingerprint density at radius 2 is 2.22 bits per heavy atom. The zero-order chi connectivity index (χ0) is 15.8. The van der Waals surface area contributed by atoms with E-state index in [4.69, 9.17) is 9.47 Å². The minimum Gasteiger partial charge on any atom is -0.494 e. The van der Waals surface area contributed by atoms with E-state index in [1.807, 2.05) is 25.1 Å². The summed E-state index contributed by atoms with van der Waals surface area (Å²) in [6.07, 6.45) is 2.22. The summed E-state index contributed by atoms with van der Waals surface area (Å²) in [7, 11) is 1.78. The van der Waals surface area contributed by atoms with Crippen LogP contribution in [0, 0.1) is 0 Å². The van der Waals surface area contributed by atoms with Crippen LogP contribution >= 0.6 is 24.0 Å². The highest BCUT2D eigenvalue weighted by Crippen LogP contribution is 2.23. The zero-order valence-electron chi connectivity index (χ0n) is 14.2. The summed E-state index contributed by atoms with van der Waals surface area (Å²) in [5, 5.41) is 6.67. The van der Waals surface area contributed by atoms with Gasteiger partial charge in [-0.1, -0.05) is 12.1 Å². The Morgan fingerprint density at radius 1 is 1.39 bits per heavy atom. The summed E-state index contributed by atoms with van der Waals surface area (Å²) in [5.41, 5.74) is 1.09. The number of nitrogens with zero attached hydrogens (tertiary/aromatic N) is 1. The Balaban J connectivity index is 0.00000264. The molecule has 1 aromatic rings. The number of rotatable bonds is 6. The van der Waals surface area contributed by atoms with Gasteiger partial charge in [-0.3, -0.25) is 4.99 Å². The third kappa shape index (κ3) is 6.55. The first-order valence-electron chi connectivity index (χ1n) is 7.95. The summed E-state index contributed by atoms with van der Waals surface area (Å²) in [6, 6.07) is 8.10. The molecule has 1 aliphatic rings. The normalized spacial score (nSPS) is 20.7. The molecule has 0 amide bonds. The van der Waals surface area contributed by atoms with Gasteiger partial charge in [0.2, 0.25) is 0 Å². The van der Waals surface area contributed by atoms with Gasteiger partial charge in [-0.05, 0) is 44.4 Å². The fraction of sp³-hybridized carbons (Fsp3) is 0.588. The van der Waals surface area contributed by atoms with Crippen molar-refractivity contribution in [2.24, 2.45) is 4.99 Å². The van der Waals surface area contributed by atoms with E-state index >= 15 is 0 Å². The molecule has 1 atom stereocenters. The average Bonchev–Trinajstić information content (AvgIpc) is 2.95. The number of hydrogen-bond acceptors (Lipinski definition) is 3. The first-order chi connectivity index (χ1) is 10.6. The van der Waals surface area contributed by atoms with Crippen LogP contribution in [0.3, 0.4) is 0 Å². The van der Waals surface area contributed by atoms with Gasteiger partial charge in [0.15, 0.2) is 5.96 Å². The van der Waals surface area contributed by atoms with E-state index < -0.39 is 0 Å². The minimum absolute atomic E-state index is 0. The topological polar surface area (TPSA) is 54.9 Å². The van der Waals surface area contributed by atoms with E-state index in [0.717, 1.165) is 43.3 Å². The van der Waals surface area contributed by atoms with Crippen molar-refractivity contribution >= 4 is 29.9 Å². The van der Waals surface area contributed by atoms with Crippen molar-refractivity contribution in [3.8, 4) is 5.75 Å². The smallest absolute Gasteiger partial charge is 0.191 e. The molecule has 0 spiro atoms. The number of halogens is 1. The highest BCUT2D eigenvalue weighted by atomic mass is 127. The maximum absolute atomic E-state index is 5.78. The van der Waals surface area contributed by atoms with Crippen LogP contribution < -0.4 is 15.4 Å². The van der Waals surface area contributed by atoms with Gasteiger partial charge in [0, 0.05) is 26.7 Å². The van der Waals surface area contributed by atoms with Gasteiger partial charge in [-0.2, -0.15) is 0 Å². The van der Waals surface area contributed by atoms with E-state index in [-0.39, 0.29) is 29.6 Å². The standard InChI is InChI=1S/C17H27N3O2.HI/c1-4-21-15-8-5-7-14(11-15)12-19-16(18-3)20-13-17(2)9-6-10-22-17;/h5,7-8,11H,4,6,9-10,12-13H2,1-3H3,(H2,18,19,20);1H. The monoisotopic (exact) mass is 433 g/mol. The molecule has 130 valence electrons. The van der Waals surface area contributed by atoms with Crippen LogP contribution in [-0.4, -0.2) is 38.4 Å². The molecule has 6 heteroatoms. The van der Waals surface area contributed by atoms with E-state index in [9.17, 15) is 0 Å². The lowest BCUT2D eigenvalue weighted by Gasteiger charge is -2.24. The third-order valence-electron chi connectivity index (χ3n) is 3.82. The zero-order valence-corrected chi connectivity index (χ0v) is 16.6. The predicted octanol–water partition coefficient (Wildman–Crippen LogP) is 2.94. The summed E-state index contributed by atoms with van der Waals surface area (Å²) < 4.78 is 11.3. The van der Waals surface area contributed by atoms with Gasteiger partial charge in [-0.15, -0.1) is 24.0 Å². The second-order valence-corrected chi connectivity index (χ2v) is 5.76. The molecule has 1 fully saturated rings. The van der Waals surface area contributed by atoms with Crippen molar-refractivity contribution in [2.45, 2.75) is 38.8 Å². The van der Waals surface area contributed by atoms with Gasteiger partial charge in [0.25, 0.3) is 0 Å². The summed E-state index contributed by atoms with van der Waals surface area (Å²) in [4.78, 5) is 4.26. The molecule has 0 aromatic heterocycles. The lowest BCUT2D eigenvalue weighted by molar-refractivity contribution is 0.0243. The molecular weight excluding hydrogens is 405 g/mol. The summed E-state index contributed by atoms with van der Waals surface area (Å²) >= 11 is 0. The molecule has 1 aliphatic heterocycles. The lowest BCUT2D eigenvalue weighted by Crippen LogP contribution is -2.45. The van der Waals surface area contributed by atoms with Gasteiger partial charge in [0.05, 0.1) is 12.2 Å². The highest BCUT2D eigenvalue weighted by Gasteiger charge is 2.29. The van der Waals surface area contributed by atoms with E-state index in [2.05, 4.69) is 28.6 Å². The van der Waals surface area contributed by atoms with Gasteiger partial charge in [-0.25, -0.2) is 0 Å². The molecule has 2 rings (SSSR count). The molecule has 1 unspecified atom stereocenters. The van der Waals surface area contributed by atoms with E-state index in [0.29, 0.717) is 13.2 Å². The maximum Gasteiger partial charge on any atom is 0.191 e. The molecule has 1 heterocycles. The number of hydrogen-bond donors (Lipinski definition) is 2. The number of ether oxygens (including phenoxy) is 2. The Morgan fingerprint density at radius 3 is 2.87 bits per heavy atom. The Labute approximate surface area is 156 Å². The van der Waals surface area contributed by atoms with E-state index in [1.54, 1.807) is 7.05 Å². The van der Waals surface area contributed by atoms with Crippen LogP contribution in [0.4, 0.5) is 0 Å². The lowest BCUT2D eigenvalue weighted by atomic mass is 10.0. The molecule has 1 aromatic carbocycles. The predicted molar refractivity (Wildman–Crippen MR) is 105 cm³/mol. The molecule has 0 aliphatic carbocycles. The molecule has 2 N–H and O–H groups in total. The van der Waals surface area contributed by atoms with Crippen LogP contribution in [0.15, 0.2) is 29.3 Å². The number of guanidine groups is 1. The van der Waals surface area contributed by atoms with Gasteiger partial charge < -0.3 is 20.1 Å². The molecule has 23 heavy (non-hydrogen) atoms. The second-order valence-electron chi connectivity index (χ2n) is 5.76. The highest BCUT2D eigenvalue weighted by molar-refractivity contribution is 14.0. The largest absolute Gasteiger partial charge is 0.494 e. The molecule has 1 saturated heterocycles. The molecule has 0 radical (unpaired) electrons. The molecule has 0 bridgehead atoms. The van der Waals surface area contributed by atoms with Crippen LogP contribution in [-0.2, 0) is 11.3 Å². The van der Waals surface area contributed by atoms with Gasteiger partial charge >= 0.3 is 0 Å². The quantitative estimate of drug-likeness (QED) is 0.412. The van der Waals surface area contributed by atoms with E-state index in [1.165, 1.54) is 0 Å². The Kier molecular flexibility index (Phi) is 8.68. The molecule has 0 saturated carbocycles. The first kappa shape index (κ1) is 20.0. The Bertz CT molecular complexity index is 502. The van der Waals surface area contributed by atoms with Crippen molar-refractivity contribution in [3.05, 3.63) is 29.8 Å². The fourth-order valence-electron chi connectivity index (χ4n) is 2.57. The SMILES string of the molecule is CCOc1cccc(CNC(=NC)NCC2(C)CCCO2)c1.I. The fourth-order valence-corrected chi connectivity index (χ4v) is 2.57. The molecule has 5 nitrogen and oxygen atoms in total.